The fourth-order valence-corrected chi connectivity index (χ4v) is 5.68. The maximum atomic E-state index is 13.4. The van der Waals surface area contributed by atoms with Gasteiger partial charge in [-0.25, -0.2) is 8.42 Å². The van der Waals surface area contributed by atoms with Gasteiger partial charge in [-0.15, -0.1) is 0 Å². The average Bonchev–Trinajstić information content (AvgIpc) is 3.20. The van der Waals surface area contributed by atoms with E-state index in [9.17, 15) is 18.0 Å². The van der Waals surface area contributed by atoms with Gasteiger partial charge in [0.25, 0.3) is 5.91 Å². The van der Waals surface area contributed by atoms with Crippen LogP contribution >= 0.6 is 11.6 Å². The van der Waals surface area contributed by atoms with E-state index in [1.807, 2.05) is 0 Å². The van der Waals surface area contributed by atoms with Crippen LogP contribution in [0.4, 0.5) is 11.4 Å². The zero-order valence-electron chi connectivity index (χ0n) is 16.1. The number of rotatable bonds is 4. The van der Waals surface area contributed by atoms with Gasteiger partial charge in [0.2, 0.25) is 15.9 Å². The molecule has 4 rings (SSSR count). The summed E-state index contributed by atoms with van der Waals surface area (Å²) in [5, 5.41) is 5.96. The summed E-state index contributed by atoms with van der Waals surface area (Å²) in [6, 6.07) is 8.78. The van der Waals surface area contributed by atoms with Crippen LogP contribution in [-0.4, -0.2) is 43.7 Å². The Morgan fingerprint density at radius 2 is 2.00 bits per heavy atom. The third-order valence-electron chi connectivity index (χ3n) is 5.11. The molecule has 1 fully saturated rings. The number of carbonyl (C=O) groups is 2. The number of nitrogens with one attached hydrogen (secondary N) is 2. The molecule has 0 radical (unpaired) electrons. The lowest BCUT2D eigenvalue weighted by atomic mass is 10.2. The molecule has 0 aliphatic carbocycles. The highest BCUT2D eigenvalue weighted by Gasteiger charge is 2.40. The fourth-order valence-electron chi connectivity index (χ4n) is 3.67. The minimum Gasteiger partial charge on any atom is -0.482 e. The van der Waals surface area contributed by atoms with Gasteiger partial charge in [0.05, 0.1) is 10.6 Å². The first-order chi connectivity index (χ1) is 14.3. The van der Waals surface area contributed by atoms with Crippen molar-refractivity contribution in [1.82, 2.24) is 4.31 Å². The number of nitrogens with zero attached hydrogens (tertiary/aromatic N) is 1. The van der Waals surface area contributed by atoms with Crippen LogP contribution in [0.1, 0.15) is 18.4 Å². The van der Waals surface area contributed by atoms with E-state index in [-0.39, 0.29) is 24.0 Å². The van der Waals surface area contributed by atoms with E-state index in [1.54, 1.807) is 37.3 Å². The first-order valence-corrected chi connectivity index (χ1v) is 11.2. The van der Waals surface area contributed by atoms with Crippen molar-refractivity contribution in [3.05, 3.63) is 47.0 Å². The van der Waals surface area contributed by atoms with Crippen molar-refractivity contribution in [2.45, 2.75) is 30.7 Å². The lowest BCUT2D eigenvalue weighted by molar-refractivity contribution is -0.119. The number of fused-ring (bicyclic) bond motifs is 1. The number of hydrogen-bond acceptors (Lipinski definition) is 5. The summed E-state index contributed by atoms with van der Waals surface area (Å²) in [6.45, 7) is 1.72. The first-order valence-electron chi connectivity index (χ1n) is 9.41. The number of carbonyl (C=O) groups excluding carboxylic acids is 2. The second-order valence-electron chi connectivity index (χ2n) is 7.22. The minimum atomic E-state index is -3.95. The summed E-state index contributed by atoms with van der Waals surface area (Å²) in [5.74, 6) is -0.395. The van der Waals surface area contributed by atoms with Gasteiger partial charge in [-0.3, -0.25) is 9.59 Å². The summed E-state index contributed by atoms with van der Waals surface area (Å²) in [4.78, 5) is 24.4. The number of amides is 2. The molecule has 8 nitrogen and oxygen atoms in total. The molecule has 2 amide bonds. The molecule has 158 valence electrons. The molecular formula is C20H20ClN3O5S. The van der Waals surface area contributed by atoms with Crippen LogP contribution in [0, 0.1) is 6.92 Å². The molecule has 2 aliphatic heterocycles. The number of ether oxygens (including phenoxy) is 1. The molecule has 0 bridgehead atoms. The molecule has 1 atom stereocenters. The van der Waals surface area contributed by atoms with Gasteiger partial charge >= 0.3 is 0 Å². The van der Waals surface area contributed by atoms with Crippen LogP contribution in [0.3, 0.4) is 0 Å². The quantitative estimate of drug-likeness (QED) is 0.746. The van der Waals surface area contributed by atoms with Crippen molar-refractivity contribution in [2.24, 2.45) is 0 Å². The number of hydrogen-bond donors (Lipinski definition) is 2. The number of benzene rings is 2. The zero-order valence-corrected chi connectivity index (χ0v) is 17.7. The van der Waals surface area contributed by atoms with Gasteiger partial charge in [0.15, 0.2) is 6.61 Å². The average molecular weight is 450 g/mol. The van der Waals surface area contributed by atoms with Crippen LogP contribution in [0.5, 0.6) is 5.75 Å². The van der Waals surface area contributed by atoms with E-state index in [4.69, 9.17) is 16.3 Å². The van der Waals surface area contributed by atoms with Crippen LogP contribution in [-0.2, 0) is 19.6 Å². The second-order valence-corrected chi connectivity index (χ2v) is 9.52. The molecule has 2 aromatic rings. The topological polar surface area (TPSA) is 105 Å². The molecular weight excluding hydrogens is 430 g/mol. The van der Waals surface area contributed by atoms with Gasteiger partial charge in [-0.2, -0.15) is 4.31 Å². The Morgan fingerprint density at radius 3 is 2.73 bits per heavy atom. The van der Waals surface area contributed by atoms with Crippen LogP contribution < -0.4 is 15.4 Å². The summed E-state index contributed by atoms with van der Waals surface area (Å²) in [6.07, 6.45) is 1.00. The van der Waals surface area contributed by atoms with Crippen molar-refractivity contribution in [3.63, 3.8) is 0 Å². The molecule has 1 unspecified atom stereocenters. The summed E-state index contributed by atoms with van der Waals surface area (Å²) < 4.78 is 33.4. The van der Waals surface area contributed by atoms with Crippen molar-refractivity contribution in [3.8, 4) is 5.75 Å². The predicted octanol–water partition coefficient (Wildman–Crippen LogP) is 2.77. The first kappa shape index (κ1) is 20.6. The van der Waals surface area contributed by atoms with Gasteiger partial charge in [-0.05, 0) is 55.7 Å². The van der Waals surface area contributed by atoms with E-state index >= 15 is 0 Å². The van der Waals surface area contributed by atoms with E-state index in [0.717, 1.165) is 0 Å². The van der Waals surface area contributed by atoms with Crippen molar-refractivity contribution in [1.29, 1.82) is 0 Å². The Labute approximate surface area is 179 Å². The highest BCUT2D eigenvalue weighted by molar-refractivity contribution is 7.89. The Hall–Kier alpha value is -2.62. The number of halogens is 1. The smallest absolute Gasteiger partial charge is 0.262 e. The summed E-state index contributed by atoms with van der Waals surface area (Å²) in [7, 11) is -3.95. The summed E-state index contributed by atoms with van der Waals surface area (Å²) in [5.41, 5.74) is 1.44. The molecule has 0 spiro atoms. The SMILES string of the molecule is Cc1cc2c(cc1S(=O)(=O)N1CCCC1C(=O)Nc1ccc(Cl)cc1)OCC(=O)N2. The Kier molecular flexibility index (Phi) is 5.44. The third kappa shape index (κ3) is 3.88. The van der Waals surface area contributed by atoms with E-state index < -0.39 is 22.0 Å². The highest BCUT2D eigenvalue weighted by Crippen LogP contribution is 2.36. The van der Waals surface area contributed by atoms with Crippen LogP contribution in [0.15, 0.2) is 41.3 Å². The number of sulfonamides is 1. The van der Waals surface area contributed by atoms with Crippen LogP contribution in [0.2, 0.25) is 5.02 Å². The molecule has 0 aromatic heterocycles. The molecule has 0 saturated carbocycles. The Bertz CT molecular complexity index is 1120. The van der Waals surface area contributed by atoms with E-state index in [2.05, 4.69) is 10.6 Å². The van der Waals surface area contributed by atoms with Crippen molar-refractivity contribution < 1.29 is 22.7 Å². The molecule has 2 aromatic carbocycles. The third-order valence-corrected chi connectivity index (χ3v) is 7.42. The number of anilines is 2. The normalized spacial score (nSPS) is 19.0. The Morgan fingerprint density at radius 1 is 1.27 bits per heavy atom. The molecule has 1 saturated heterocycles. The molecule has 2 aliphatic rings. The maximum Gasteiger partial charge on any atom is 0.262 e. The van der Waals surface area contributed by atoms with E-state index in [0.29, 0.717) is 40.6 Å². The molecule has 30 heavy (non-hydrogen) atoms. The van der Waals surface area contributed by atoms with Gasteiger partial charge < -0.3 is 15.4 Å². The van der Waals surface area contributed by atoms with Gasteiger partial charge in [0.1, 0.15) is 11.8 Å². The second kappa shape index (κ2) is 7.90. The maximum absolute atomic E-state index is 13.4. The standard InChI is InChI=1S/C20H20ClN3O5S/c1-12-9-15-17(29-11-19(25)23-15)10-18(12)30(27,28)24-8-2-3-16(24)20(26)22-14-6-4-13(21)5-7-14/h4-7,9-10,16H,2-3,8,11H2,1H3,(H,22,26)(H,23,25). The van der Waals surface area contributed by atoms with Gasteiger partial charge in [-0.1, -0.05) is 11.6 Å². The molecule has 10 heteroatoms. The zero-order chi connectivity index (χ0) is 21.5. The van der Waals surface area contributed by atoms with Crippen molar-refractivity contribution in [2.75, 3.05) is 23.8 Å². The highest BCUT2D eigenvalue weighted by atomic mass is 35.5. The lowest BCUT2D eigenvalue weighted by Gasteiger charge is -2.26. The molecule has 2 heterocycles. The lowest BCUT2D eigenvalue weighted by Crippen LogP contribution is -2.43. The molecule has 2 N–H and O–H groups in total. The summed E-state index contributed by atoms with van der Waals surface area (Å²) >= 11 is 5.87. The monoisotopic (exact) mass is 449 g/mol. The fraction of sp³-hybridized carbons (Fsp3) is 0.300. The van der Waals surface area contributed by atoms with E-state index in [1.165, 1.54) is 10.4 Å². The Balaban J connectivity index is 1.61. The van der Waals surface area contributed by atoms with Gasteiger partial charge in [0, 0.05) is 23.3 Å². The van der Waals surface area contributed by atoms with Crippen molar-refractivity contribution >= 4 is 44.8 Å². The minimum absolute atomic E-state index is 0.0589. The van der Waals surface area contributed by atoms with Crippen LogP contribution in [0.25, 0.3) is 0 Å². The number of aryl methyl sites for hydroxylation is 1. The predicted molar refractivity (Wildman–Crippen MR) is 112 cm³/mol. The largest absolute Gasteiger partial charge is 0.482 e.